The minimum Gasteiger partial charge on any atom is -0.462 e. The number of nitrogens with one attached hydrogen (secondary N) is 1. The van der Waals surface area contributed by atoms with Crippen LogP contribution in [0.5, 0.6) is 0 Å². The molecular weight excluding hydrogens is 360 g/mol. The maximum Gasteiger partial charge on any atom is 0.347 e. The molecule has 1 aromatic rings. The highest BCUT2D eigenvalue weighted by molar-refractivity contribution is 6.13. The molecule has 1 aliphatic heterocycles. The van der Waals surface area contributed by atoms with Gasteiger partial charge in [0.05, 0.1) is 32.5 Å². The normalized spacial score (nSPS) is 16.5. The lowest BCUT2D eigenvalue weighted by atomic mass is 9.98. The SMILES string of the molecule is CCOC(=O)C(=CNC(C)C(c1ccccc1)N1CCOCC1)C(=O)OCC. The van der Waals surface area contributed by atoms with Crippen LogP contribution >= 0.6 is 0 Å². The van der Waals surface area contributed by atoms with Crippen molar-refractivity contribution in [3.63, 3.8) is 0 Å². The average Bonchev–Trinajstić information content (AvgIpc) is 2.70. The number of carbonyl (C=O) groups is 2. The van der Waals surface area contributed by atoms with Crippen molar-refractivity contribution in [1.29, 1.82) is 0 Å². The Morgan fingerprint density at radius 1 is 1.11 bits per heavy atom. The smallest absolute Gasteiger partial charge is 0.347 e. The third-order valence-corrected chi connectivity index (χ3v) is 4.54. The number of morpholine rings is 1. The second-order valence-corrected chi connectivity index (χ2v) is 6.46. The average molecular weight is 390 g/mol. The number of benzene rings is 1. The van der Waals surface area contributed by atoms with Crippen LogP contribution in [0.1, 0.15) is 32.4 Å². The van der Waals surface area contributed by atoms with Crippen LogP contribution in [0.3, 0.4) is 0 Å². The fraction of sp³-hybridized carbons (Fsp3) is 0.524. The van der Waals surface area contributed by atoms with Gasteiger partial charge in [0.2, 0.25) is 0 Å². The van der Waals surface area contributed by atoms with Crippen molar-refractivity contribution < 1.29 is 23.8 Å². The first-order valence-electron chi connectivity index (χ1n) is 9.75. The summed E-state index contributed by atoms with van der Waals surface area (Å²) in [6.07, 6.45) is 1.41. The third-order valence-electron chi connectivity index (χ3n) is 4.54. The van der Waals surface area contributed by atoms with Gasteiger partial charge in [-0.3, -0.25) is 4.90 Å². The molecule has 0 aromatic heterocycles. The lowest BCUT2D eigenvalue weighted by molar-refractivity contribution is -0.146. The standard InChI is InChI=1S/C21H30N2O5/c1-4-27-20(24)18(21(25)28-5-2)15-22-16(3)19(17-9-7-6-8-10-17)23-11-13-26-14-12-23/h6-10,15-16,19,22H,4-5,11-14H2,1-3H3. The zero-order valence-corrected chi connectivity index (χ0v) is 16.8. The molecule has 0 radical (unpaired) electrons. The van der Waals surface area contributed by atoms with Crippen molar-refractivity contribution >= 4 is 11.9 Å². The van der Waals surface area contributed by atoms with Gasteiger partial charge in [-0.15, -0.1) is 0 Å². The summed E-state index contributed by atoms with van der Waals surface area (Å²) < 4.78 is 15.5. The van der Waals surface area contributed by atoms with Crippen LogP contribution in [0.25, 0.3) is 0 Å². The van der Waals surface area contributed by atoms with Gasteiger partial charge in [0.15, 0.2) is 5.57 Å². The maximum absolute atomic E-state index is 12.2. The highest BCUT2D eigenvalue weighted by Crippen LogP contribution is 2.25. The Balaban J connectivity index is 2.22. The van der Waals surface area contributed by atoms with Gasteiger partial charge in [0, 0.05) is 25.3 Å². The molecule has 0 spiro atoms. The Morgan fingerprint density at radius 3 is 2.21 bits per heavy atom. The Morgan fingerprint density at radius 2 is 1.68 bits per heavy atom. The van der Waals surface area contributed by atoms with Crippen molar-refractivity contribution in [2.75, 3.05) is 39.5 Å². The second kappa shape index (κ2) is 11.5. The van der Waals surface area contributed by atoms with E-state index in [2.05, 4.69) is 22.3 Å². The molecule has 1 aromatic carbocycles. The van der Waals surface area contributed by atoms with E-state index in [0.29, 0.717) is 13.2 Å². The Bertz CT molecular complexity index is 636. The van der Waals surface area contributed by atoms with E-state index in [1.54, 1.807) is 13.8 Å². The van der Waals surface area contributed by atoms with Gasteiger partial charge >= 0.3 is 11.9 Å². The number of carbonyl (C=O) groups excluding carboxylic acids is 2. The van der Waals surface area contributed by atoms with Crippen molar-refractivity contribution in [1.82, 2.24) is 10.2 Å². The maximum atomic E-state index is 12.2. The first kappa shape index (κ1) is 21.9. The monoisotopic (exact) mass is 390 g/mol. The highest BCUT2D eigenvalue weighted by atomic mass is 16.6. The Hall–Kier alpha value is -2.38. The zero-order chi connectivity index (χ0) is 20.4. The lowest BCUT2D eigenvalue weighted by Crippen LogP contribution is -2.46. The Kier molecular flexibility index (Phi) is 8.97. The summed E-state index contributed by atoms with van der Waals surface area (Å²) in [6, 6.07) is 10.2. The van der Waals surface area contributed by atoms with E-state index in [1.807, 2.05) is 25.1 Å². The minimum atomic E-state index is -0.691. The molecule has 2 atom stereocenters. The van der Waals surface area contributed by atoms with E-state index in [4.69, 9.17) is 14.2 Å². The zero-order valence-electron chi connectivity index (χ0n) is 16.8. The first-order valence-corrected chi connectivity index (χ1v) is 9.75. The van der Waals surface area contributed by atoms with Crippen molar-refractivity contribution in [2.24, 2.45) is 0 Å². The van der Waals surface area contributed by atoms with Crippen molar-refractivity contribution in [3.8, 4) is 0 Å². The van der Waals surface area contributed by atoms with Gasteiger partial charge in [0.25, 0.3) is 0 Å². The summed E-state index contributed by atoms with van der Waals surface area (Å²) >= 11 is 0. The minimum absolute atomic E-state index is 0.0620. The molecular formula is C21H30N2O5. The summed E-state index contributed by atoms with van der Waals surface area (Å²) in [5.41, 5.74) is 1.02. The molecule has 0 bridgehead atoms. The van der Waals surface area contributed by atoms with Crippen LogP contribution in [-0.2, 0) is 23.8 Å². The van der Waals surface area contributed by atoms with Gasteiger partial charge in [-0.05, 0) is 26.3 Å². The lowest BCUT2D eigenvalue weighted by Gasteiger charge is -2.38. The summed E-state index contributed by atoms with van der Waals surface area (Å²) in [5, 5.41) is 3.21. The van der Waals surface area contributed by atoms with Gasteiger partial charge in [0.1, 0.15) is 0 Å². The number of esters is 2. The van der Waals surface area contributed by atoms with Crippen LogP contribution < -0.4 is 5.32 Å². The molecule has 2 unspecified atom stereocenters. The van der Waals surface area contributed by atoms with E-state index < -0.39 is 11.9 Å². The summed E-state index contributed by atoms with van der Waals surface area (Å²) in [5.74, 6) is -1.38. The molecule has 1 fully saturated rings. The van der Waals surface area contributed by atoms with Crippen molar-refractivity contribution in [3.05, 3.63) is 47.7 Å². The first-order chi connectivity index (χ1) is 13.6. The molecule has 7 nitrogen and oxygen atoms in total. The molecule has 28 heavy (non-hydrogen) atoms. The Labute approximate surface area is 166 Å². The molecule has 0 saturated carbocycles. The third kappa shape index (κ3) is 6.07. The van der Waals surface area contributed by atoms with E-state index in [0.717, 1.165) is 18.7 Å². The molecule has 154 valence electrons. The van der Waals surface area contributed by atoms with E-state index in [1.165, 1.54) is 6.20 Å². The van der Waals surface area contributed by atoms with Crippen LogP contribution in [0.4, 0.5) is 0 Å². The molecule has 1 N–H and O–H groups in total. The molecule has 1 saturated heterocycles. The van der Waals surface area contributed by atoms with Gasteiger partial charge in [-0.1, -0.05) is 30.3 Å². The van der Waals surface area contributed by atoms with Crippen molar-refractivity contribution in [2.45, 2.75) is 32.9 Å². The number of hydrogen-bond acceptors (Lipinski definition) is 7. The predicted molar refractivity (Wildman–Crippen MR) is 106 cm³/mol. The summed E-state index contributed by atoms with van der Waals surface area (Å²) in [7, 11) is 0. The van der Waals surface area contributed by atoms with Gasteiger partial charge in [-0.2, -0.15) is 0 Å². The van der Waals surface area contributed by atoms with Crippen LogP contribution in [0.2, 0.25) is 0 Å². The molecule has 0 aliphatic carbocycles. The van der Waals surface area contributed by atoms with Gasteiger partial charge < -0.3 is 19.5 Å². The fourth-order valence-electron chi connectivity index (χ4n) is 3.25. The highest BCUT2D eigenvalue weighted by Gasteiger charge is 2.28. The van der Waals surface area contributed by atoms with Crippen LogP contribution in [0, 0.1) is 0 Å². The number of rotatable bonds is 9. The van der Waals surface area contributed by atoms with Gasteiger partial charge in [-0.25, -0.2) is 9.59 Å². The number of nitrogens with zero attached hydrogens (tertiary/aromatic N) is 1. The predicted octanol–water partition coefficient (Wildman–Crippen LogP) is 2.05. The second-order valence-electron chi connectivity index (χ2n) is 6.46. The molecule has 2 rings (SSSR count). The quantitative estimate of drug-likeness (QED) is 0.299. The van der Waals surface area contributed by atoms with Crippen LogP contribution in [0.15, 0.2) is 42.1 Å². The van der Waals surface area contributed by atoms with Crippen LogP contribution in [-0.4, -0.2) is 62.4 Å². The van der Waals surface area contributed by atoms with E-state index >= 15 is 0 Å². The van der Waals surface area contributed by atoms with E-state index in [9.17, 15) is 9.59 Å². The molecule has 0 amide bonds. The number of ether oxygens (including phenoxy) is 3. The molecule has 7 heteroatoms. The molecule has 1 aliphatic rings. The topological polar surface area (TPSA) is 77.1 Å². The number of hydrogen-bond donors (Lipinski definition) is 1. The summed E-state index contributed by atoms with van der Waals surface area (Å²) in [4.78, 5) is 26.7. The molecule has 1 heterocycles. The largest absolute Gasteiger partial charge is 0.462 e. The van der Waals surface area contributed by atoms with E-state index in [-0.39, 0.29) is 30.9 Å². The fourth-order valence-corrected chi connectivity index (χ4v) is 3.25. The summed E-state index contributed by atoms with van der Waals surface area (Å²) in [6.45, 7) is 8.79.